The van der Waals surface area contributed by atoms with Crippen molar-refractivity contribution < 1.29 is 4.79 Å². The molecule has 0 spiro atoms. The van der Waals surface area contributed by atoms with Gasteiger partial charge in [-0.05, 0) is 61.3 Å². The fraction of sp³-hybridized carbons (Fsp3) is 0.286. The lowest BCUT2D eigenvalue weighted by Crippen LogP contribution is -2.35. The van der Waals surface area contributed by atoms with Gasteiger partial charge in [0.05, 0.1) is 0 Å². The molecular weight excluding hydrogens is 438 g/mol. The minimum absolute atomic E-state index is 0.00171. The number of hydrogen-bond donors (Lipinski definition) is 1. The van der Waals surface area contributed by atoms with Crippen LogP contribution in [0.25, 0.3) is 10.9 Å². The van der Waals surface area contributed by atoms with Gasteiger partial charge in [-0.15, -0.1) is 0 Å². The summed E-state index contributed by atoms with van der Waals surface area (Å²) in [6.45, 7) is 4.28. The van der Waals surface area contributed by atoms with Crippen molar-refractivity contribution in [2.24, 2.45) is 0 Å². The number of para-hydroxylation sites is 1. The number of carbonyl (C=O) groups is 1. The minimum Gasteiger partial charge on any atom is -0.356 e. The maximum Gasteiger partial charge on any atom is 0.277 e. The van der Waals surface area contributed by atoms with Gasteiger partial charge in [-0.2, -0.15) is 0 Å². The number of nitrogens with one attached hydrogen (secondary N) is 1. The molecule has 4 aromatic rings. The molecule has 0 atom stereocenters. The van der Waals surface area contributed by atoms with Crippen LogP contribution in [-0.2, 0) is 6.42 Å². The summed E-state index contributed by atoms with van der Waals surface area (Å²) in [5.41, 5.74) is 5.52. The first kappa shape index (κ1) is 21.5. The molecule has 2 aromatic heterocycles. The van der Waals surface area contributed by atoms with Gasteiger partial charge < -0.3 is 14.8 Å². The van der Waals surface area contributed by atoms with E-state index in [-0.39, 0.29) is 17.4 Å². The number of piperidine rings is 1. The molecule has 1 N–H and O–H groups in total. The first-order valence-electron chi connectivity index (χ1n) is 12.2. The topological polar surface area (TPSA) is 82.2 Å². The zero-order valence-electron chi connectivity index (χ0n) is 19.7. The number of aryl methyl sites for hydroxylation is 1. The van der Waals surface area contributed by atoms with Gasteiger partial charge in [0.15, 0.2) is 0 Å². The molecule has 2 aromatic carbocycles. The second kappa shape index (κ2) is 8.65. The molecule has 0 aliphatic carbocycles. The number of fused-ring (bicyclic) bond motifs is 2. The second-order valence-electron chi connectivity index (χ2n) is 9.50. The third-order valence-corrected chi connectivity index (χ3v) is 7.29. The van der Waals surface area contributed by atoms with E-state index in [9.17, 15) is 9.59 Å². The Balaban J connectivity index is 1.18. The Labute approximate surface area is 203 Å². The van der Waals surface area contributed by atoms with Gasteiger partial charge in [0.25, 0.3) is 11.5 Å². The average molecular weight is 466 g/mol. The van der Waals surface area contributed by atoms with Gasteiger partial charge in [0.2, 0.25) is 0 Å². The summed E-state index contributed by atoms with van der Waals surface area (Å²) in [6, 6.07) is 17.9. The Bertz CT molecular complexity index is 1490. The van der Waals surface area contributed by atoms with E-state index < -0.39 is 0 Å². The van der Waals surface area contributed by atoms with Crippen molar-refractivity contribution in [1.82, 2.24) is 15.0 Å². The monoisotopic (exact) mass is 465 g/mol. The molecule has 176 valence electrons. The molecule has 0 radical (unpaired) electrons. The first-order chi connectivity index (χ1) is 17.1. The van der Waals surface area contributed by atoms with E-state index in [1.807, 2.05) is 47.4 Å². The number of rotatable bonds is 3. The predicted octanol–water partition coefficient (Wildman–Crippen LogP) is 4.21. The third-order valence-electron chi connectivity index (χ3n) is 7.29. The van der Waals surface area contributed by atoms with E-state index in [1.165, 1.54) is 17.5 Å². The Kier molecular flexibility index (Phi) is 5.32. The summed E-state index contributed by atoms with van der Waals surface area (Å²) >= 11 is 0. The summed E-state index contributed by atoms with van der Waals surface area (Å²) in [7, 11) is 0. The molecule has 1 amide bonds. The lowest BCUT2D eigenvalue weighted by molar-refractivity contribution is 0.0984. The molecule has 2 aliphatic rings. The first-order valence-corrected chi connectivity index (χ1v) is 12.2. The van der Waals surface area contributed by atoms with Crippen LogP contribution in [-0.4, -0.2) is 40.5 Å². The van der Waals surface area contributed by atoms with Crippen molar-refractivity contribution in [3.63, 3.8) is 0 Å². The molecule has 0 bridgehead atoms. The van der Waals surface area contributed by atoms with Crippen LogP contribution in [0.2, 0.25) is 0 Å². The quantitative estimate of drug-likeness (QED) is 0.490. The number of pyridine rings is 1. The van der Waals surface area contributed by atoms with Crippen LogP contribution in [0, 0.1) is 6.92 Å². The molecule has 1 saturated heterocycles. The van der Waals surface area contributed by atoms with Gasteiger partial charge in [-0.25, -0.2) is 9.97 Å². The molecule has 2 aliphatic heterocycles. The molecular formula is C28H27N5O2. The van der Waals surface area contributed by atoms with Gasteiger partial charge in [-0.3, -0.25) is 9.59 Å². The molecule has 1 fully saturated rings. The molecule has 7 heteroatoms. The number of hydrogen-bond acceptors (Lipinski definition) is 5. The maximum atomic E-state index is 13.3. The third kappa shape index (κ3) is 3.97. The molecule has 4 heterocycles. The summed E-state index contributed by atoms with van der Waals surface area (Å²) in [5, 5.41) is 1.06. The Morgan fingerprint density at radius 3 is 2.69 bits per heavy atom. The highest BCUT2D eigenvalue weighted by atomic mass is 16.2. The number of carbonyl (C=O) groups excluding carboxylic acids is 1. The minimum atomic E-state index is -0.0890. The van der Waals surface area contributed by atoms with Crippen LogP contribution in [0.1, 0.15) is 45.9 Å². The number of aromatic nitrogens is 3. The highest BCUT2D eigenvalue weighted by Gasteiger charge is 2.28. The SMILES string of the molecule is Cc1ccc2c(c1)CCN2C(=O)c1cc(N2CCC(c3cc4ccccc4[nH]c3=O)CC2)ncn1. The normalized spacial score (nSPS) is 16.0. The predicted molar refractivity (Wildman–Crippen MR) is 137 cm³/mol. The van der Waals surface area contributed by atoms with Crippen LogP contribution in [0.4, 0.5) is 11.5 Å². The molecule has 0 saturated carbocycles. The molecule has 6 rings (SSSR count). The number of nitrogens with zero attached hydrogens (tertiary/aromatic N) is 4. The zero-order chi connectivity index (χ0) is 23.9. The number of anilines is 2. The number of amides is 1. The van der Waals surface area contributed by atoms with E-state index in [0.29, 0.717) is 12.2 Å². The lowest BCUT2D eigenvalue weighted by Gasteiger charge is -2.32. The smallest absolute Gasteiger partial charge is 0.277 e. The highest BCUT2D eigenvalue weighted by Crippen LogP contribution is 2.32. The summed E-state index contributed by atoms with van der Waals surface area (Å²) in [5.74, 6) is 0.874. The van der Waals surface area contributed by atoms with Gasteiger partial charge in [-0.1, -0.05) is 35.9 Å². The second-order valence-corrected chi connectivity index (χ2v) is 9.50. The van der Waals surface area contributed by atoms with Crippen molar-refractivity contribution in [1.29, 1.82) is 0 Å². The molecule has 0 unspecified atom stereocenters. The van der Waals surface area contributed by atoms with Crippen LogP contribution in [0.15, 0.2) is 65.7 Å². The summed E-state index contributed by atoms with van der Waals surface area (Å²) < 4.78 is 0. The molecule has 35 heavy (non-hydrogen) atoms. The van der Waals surface area contributed by atoms with Crippen molar-refractivity contribution in [2.45, 2.75) is 32.1 Å². The van der Waals surface area contributed by atoms with Crippen molar-refractivity contribution >= 4 is 28.3 Å². The zero-order valence-corrected chi connectivity index (χ0v) is 19.7. The Hall–Kier alpha value is -4.00. The van der Waals surface area contributed by atoms with Crippen molar-refractivity contribution in [2.75, 3.05) is 29.4 Å². The fourth-order valence-electron chi connectivity index (χ4n) is 5.40. The van der Waals surface area contributed by atoms with Gasteiger partial charge in [0.1, 0.15) is 17.8 Å². The van der Waals surface area contributed by atoms with Gasteiger partial charge >= 0.3 is 0 Å². The van der Waals surface area contributed by atoms with Crippen LogP contribution >= 0.6 is 0 Å². The standard InChI is InChI=1S/C28H27N5O2/c1-18-6-7-25-21(14-18)10-13-33(25)28(35)24-16-26(30-17-29-24)32-11-8-19(9-12-32)22-15-20-4-2-3-5-23(20)31-27(22)34/h2-7,14-17,19H,8-13H2,1H3,(H,31,34). The number of aromatic amines is 1. The fourth-order valence-corrected chi connectivity index (χ4v) is 5.40. The highest BCUT2D eigenvalue weighted by molar-refractivity contribution is 6.06. The van der Waals surface area contributed by atoms with E-state index in [2.05, 4.69) is 32.8 Å². The van der Waals surface area contributed by atoms with E-state index in [4.69, 9.17) is 0 Å². The Morgan fingerprint density at radius 2 is 1.83 bits per heavy atom. The molecule has 7 nitrogen and oxygen atoms in total. The van der Waals surface area contributed by atoms with Crippen LogP contribution in [0.5, 0.6) is 0 Å². The Morgan fingerprint density at radius 1 is 1.00 bits per heavy atom. The number of H-pyrrole nitrogens is 1. The van der Waals surface area contributed by atoms with E-state index in [1.54, 1.807) is 6.07 Å². The van der Waals surface area contributed by atoms with E-state index in [0.717, 1.165) is 60.3 Å². The summed E-state index contributed by atoms with van der Waals surface area (Å²) in [6.07, 6.45) is 4.05. The van der Waals surface area contributed by atoms with Gasteiger partial charge in [0, 0.05) is 42.5 Å². The van der Waals surface area contributed by atoms with Crippen LogP contribution < -0.4 is 15.4 Å². The van der Waals surface area contributed by atoms with Crippen molar-refractivity contribution in [3.8, 4) is 0 Å². The van der Waals surface area contributed by atoms with Crippen LogP contribution in [0.3, 0.4) is 0 Å². The largest absolute Gasteiger partial charge is 0.356 e. The lowest BCUT2D eigenvalue weighted by atomic mass is 9.89. The van der Waals surface area contributed by atoms with E-state index >= 15 is 0 Å². The number of benzene rings is 2. The summed E-state index contributed by atoms with van der Waals surface area (Å²) in [4.78, 5) is 41.8. The van der Waals surface area contributed by atoms with Crippen molar-refractivity contribution in [3.05, 3.63) is 93.7 Å². The maximum absolute atomic E-state index is 13.3. The average Bonchev–Trinajstić information content (AvgIpc) is 3.31.